The quantitative estimate of drug-likeness (QED) is 0.0631. The smallest absolute Gasteiger partial charge is 0.243 e. The minimum absolute atomic E-state index is 0.0689. The number of nitrogens with one attached hydrogen (secondary N) is 2. The first-order valence-electron chi connectivity index (χ1n) is 13.3. The molecule has 12 heteroatoms. The molecular weight excluding hydrogens is 762 g/mol. The van der Waals surface area contributed by atoms with Gasteiger partial charge in [0.05, 0.1) is 7.14 Å². The van der Waals surface area contributed by atoms with Crippen LogP contribution in [0.5, 0.6) is 5.75 Å². The van der Waals surface area contributed by atoms with E-state index < -0.39 is 23.9 Å². The second kappa shape index (κ2) is 16.3. The van der Waals surface area contributed by atoms with Crippen molar-refractivity contribution in [2.75, 3.05) is 6.54 Å². The van der Waals surface area contributed by atoms with Gasteiger partial charge in [0, 0.05) is 25.3 Å². The molecular formula is C30H34I2N6O4. The van der Waals surface area contributed by atoms with Gasteiger partial charge in [-0.1, -0.05) is 60.7 Å². The molecule has 0 aliphatic carbocycles. The third kappa shape index (κ3) is 10.2. The van der Waals surface area contributed by atoms with Gasteiger partial charge in [-0.2, -0.15) is 0 Å². The minimum Gasteiger partial charge on any atom is -0.506 e. The molecule has 0 radical (unpaired) electrons. The van der Waals surface area contributed by atoms with Gasteiger partial charge in [0.25, 0.3) is 0 Å². The van der Waals surface area contributed by atoms with Gasteiger partial charge in [-0.25, -0.2) is 0 Å². The fourth-order valence-corrected chi connectivity index (χ4v) is 6.37. The summed E-state index contributed by atoms with van der Waals surface area (Å²) in [6.45, 7) is 0.266. The molecule has 3 aromatic carbocycles. The zero-order valence-electron chi connectivity index (χ0n) is 22.8. The molecule has 2 atom stereocenters. The summed E-state index contributed by atoms with van der Waals surface area (Å²) in [7, 11) is 0. The third-order valence-electron chi connectivity index (χ3n) is 6.57. The SMILES string of the molecule is NC(=O)[C@H](Cc1cc(I)c(O)c(I)c1)NC(=O)[C@@H](CCCN=C(N)N)NC(=O)CC(c1ccccc1)c1ccccc1. The normalized spacial score (nSPS) is 12.3. The summed E-state index contributed by atoms with van der Waals surface area (Å²) < 4.78 is 1.22. The van der Waals surface area contributed by atoms with E-state index >= 15 is 0 Å². The molecule has 3 amide bonds. The van der Waals surface area contributed by atoms with Gasteiger partial charge in [0.15, 0.2) is 5.96 Å². The summed E-state index contributed by atoms with van der Waals surface area (Å²) in [5.74, 6) is -1.74. The van der Waals surface area contributed by atoms with Crippen molar-refractivity contribution in [2.24, 2.45) is 22.2 Å². The van der Waals surface area contributed by atoms with E-state index in [2.05, 4.69) is 15.6 Å². The lowest BCUT2D eigenvalue weighted by Gasteiger charge is -2.24. The number of carbonyl (C=O) groups excluding carboxylic acids is 3. The molecule has 42 heavy (non-hydrogen) atoms. The number of nitrogens with two attached hydrogens (primary N) is 3. The van der Waals surface area contributed by atoms with Crippen LogP contribution in [0.3, 0.4) is 0 Å². The lowest BCUT2D eigenvalue weighted by Crippen LogP contribution is -2.53. The van der Waals surface area contributed by atoms with E-state index in [-0.39, 0.29) is 49.3 Å². The molecule has 0 spiro atoms. The molecule has 3 aromatic rings. The van der Waals surface area contributed by atoms with Crippen LogP contribution in [0, 0.1) is 7.14 Å². The highest BCUT2D eigenvalue weighted by atomic mass is 127. The molecule has 0 unspecified atom stereocenters. The van der Waals surface area contributed by atoms with E-state index in [1.807, 2.05) is 106 Å². The Morgan fingerprint density at radius 1 is 0.833 bits per heavy atom. The molecule has 0 saturated carbocycles. The van der Waals surface area contributed by atoms with E-state index in [0.717, 1.165) is 11.1 Å². The number of guanidine groups is 1. The molecule has 0 aromatic heterocycles. The summed E-state index contributed by atoms with van der Waals surface area (Å²) in [6.07, 6.45) is 0.865. The van der Waals surface area contributed by atoms with Crippen LogP contribution in [0.4, 0.5) is 0 Å². The maximum absolute atomic E-state index is 13.5. The summed E-state index contributed by atoms with van der Waals surface area (Å²) in [4.78, 5) is 43.2. The van der Waals surface area contributed by atoms with Crippen molar-refractivity contribution in [3.8, 4) is 5.75 Å². The van der Waals surface area contributed by atoms with Crippen molar-refractivity contribution in [3.63, 3.8) is 0 Å². The number of rotatable bonds is 14. The number of phenolic OH excluding ortho intramolecular Hbond substituents is 1. The zero-order chi connectivity index (χ0) is 30.6. The Balaban J connectivity index is 1.78. The number of nitrogens with zero attached hydrogens (tertiary/aromatic N) is 1. The van der Waals surface area contributed by atoms with Crippen molar-refractivity contribution >= 4 is 68.9 Å². The van der Waals surface area contributed by atoms with E-state index in [1.165, 1.54) is 0 Å². The number of aliphatic imine (C=N–C) groups is 1. The van der Waals surface area contributed by atoms with Gasteiger partial charge in [-0.3, -0.25) is 19.4 Å². The van der Waals surface area contributed by atoms with Crippen LogP contribution in [0.15, 0.2) is 77.8 Å². The summed E-state index contributed by atoms with van der Waals surface area (Å²) in [5.41, 5.74) is 19.2. The van der Waals surface area contributed by atoms with Gasteiger partial charge in [0.2, 0.25) is 17.7 Å². The van der Waals surface area contributed by atoms with E-state index in [0.29, 0.717) is 19.1 Å². The maximum Gasteiger partial charge on any atom is 0.243 e. The maximum atomic E-state index is 13.5. The van der Waals surface area contributed by atoms with Crippen LogP contribution in [0.25, 0.3) is 0 Å². The van der Waals surface area contributed by atoms with E-state index in [9.17, 15) is 19.5 Å². The lowest BCUT2D eigenvalue weighted by atomic mass is 9.88. The van der Waals surface area contributed by atoms with Gasteiger partial charge >= 0.3 is 0 Å². The second-order valence-corrected chi connectivity index (χ2v) is 12.0. The number of carbonyl (C=O) groups is 3. The standard InChI is InChI=1S/C30H34I2N6O4/c31-22-14-18(15-23(32)27(22)40)16-25(28(33)41)38-29(42)24(12-7-13-36-30(34)35)37-26(39)17-21(19-8-3-1-4-9-19)20-10-5-2-6-11-20/h1-6,8-11,14-15,21,24-25,40H,7,12-13,16-17H2,(H2,33,41)(H,37,39)(H,38,42)(H4,34,35,36)/t24-,25+/m1/s1. The molecule has 0 heterocycles. The third-order valence-corrected chi connectivity index (χ3v) is 8.21. The first kappa shape index (κ1) is 33.1. The Labute approximate surface area is 272 Å². The molecule has 0 aliphatic heterocycles. The fourth-order valence-electron chi connectivity index (χ4n) is 4.48. The molecule has 0 saturated heterocycles. The molecule has 0 fully saturated rings. The number of primary amides is 1. The Kier molecular flexibility index (Phi) is 12.8. The van der Waals surface area contributed by atoms with Gasteiger partial charge < -0.3 is 32.9 Å². The Hall–Kier alpha value is -3.40. The van der Waals surface area contributed by atoms with Crippen LogP contribution >= 0.6 is 45.2 Å². The largest absolute Gasteiger partial charge is 0.506 e. The molecule has 3 rings (SSSR count). The highest BCUT2D eigenvalue weighted by Crippen LogP contribution is 2.29. The Morgan fingerprint density at radius 2 is 1.38 bits per heavy atom. The highest BCUT2D eigenvalue weighted by Gasteiger charge is 2.27. The van der Waals surface area contributed by atoms with E-state index in [4.69, 9.17) is 17.2 Å². The van der Waals surface area contributed by atoms with Crippen LogP contribution in [0.2, 0.25) is 0 Å². The van der Waals surface area contributed by atoms with Crippen LogP contribution in [-0.4, -0.2) is 47.4 Å². The van der Waals surface area contributed by atoms with Crippen molar-refractivity contribution < 1.29 is 19.5 Å². The van der Waals surface area contributed by atoms with Gasteiger partial charge in [0.1, 0.15) is 17.8 Å². The van der Waals surface area contributed by atoms with Gasteiger partial charge in [-0.15, -0.1) is 0 Å². The lowest BCUT2D eigenvalue weighted by molar-refractivity contribution is -0.131. The van der Waals surface area contributed by atoms with Crippen LogP contribution < -0.4 is 27.8 Å². The van der Waals surface area contributed by atoms with Gasteiger partial charge in [-0.05, 0) is 86.8 Å². The van der Waals surface area contributed by atoms with Crippen LogP contribution in [-0.2, 0) is 20.8 Å². The Morgan fingerprint density at radius 3 is 1.88 bits per heavy atom. The molecule has 0 aliphatic rings. The zero-order valence-corrected chi connectivity index (χ0v) is 27.1. The topological polar surface area (TPSA) is 186 Å². The highest BCUT2D eigenvalue weighted by molar-refractivity contribution is 14.1. The number of benzene rings is 3. The first-order chi connectivity index (χ1) is 20.0. The number of hydrogen-bond acceptors (Lipinski definition) is 5. The van der Waals surface area contributed by atoms with Crippen LogP contribution in [0.1, 0.15) is 41.9 Å². The predicted octanol–water partition coefficient (Wildman–Crippen LogP) is 2.87. The number of halogens is 2. The molecule has 9 N–H and O–H groups in total. The van der Waals surface area contributed by atoms with E-state index in [1.54, 1.807) is 12.1 Å². The molecule has 222 valence electrons. The van der Waals surface area contributed by atoms with Crippen molar-refractivity contribution in [1.82, 2.24) is 10.6 Å². The summed E-state index contributed by atoms with van der Waals surface area (Å²) in [6, 6.07) is 20.8. The fraction of sp³-hybridized carbons (Fsp3) is 0.267. The average Bonchev–Trinajstić information content (AvgIpc) is 2.96. The molecule has 10 nitrogen and oxygen atoms in total. The number of amides is 3. The summed E-state index contributed by atoms with van der Waals surface area (Å²) in [5, 5.41) is 15.6. The minimum atomic E-state index is -1.04. The molecule has 0 bridgehead atoms. The monoisotopic (exact) mass is 796 g/mol. The van der Waals surface area contributed by atoms with Crippen molar-refractivity contribution in [3.05, 3.63) is 96.6 Å². The average molecular weight is 796 g/mol. The van der Waals surface area contributed by atoms with Crippen molar-refractivity contribution in [1.29, 1.82) is 0 Å². The predicted molar refractivity (Wildman–Crippen MR) is 180 cm³/mol. The number of phenols is 1. The van der Waals surface area contributed by atoms with Crippen molar-refractivity contribution in [2.45, 2.75) is 43.7 Å². The number of hydrogen-bond donors (Lipinski definition) is 6. The Bertz CT molecular complexity index is 1340. The second-order valence-electron chi connectivity index (χ2n) is 9.72. The number of aromatic hydroxyl groups is 1. The first-order valence-corrected chi connectivity index (χ1v) is 15.4. The summed E-state index contributed by atoms with van der Waals surface area (Å²) >= 11 is 3.99.